The smallest absolute Gasteiger partial charge is 0.238 e. The fourth-order valence-corrected chi connectivity index (χ4v) is 2.46. The first kappa shape index (κ1) is 17.2. The van der Waals surface area contributed by atoms with Crippen molar-refractivity contribution < 1.29 is 19.1 Å². The van der Waals surface area contributed by atoms with Crippen LogP contribution in [-0.4, -0.2) is 35.5 Å². The van der Waals surface area contributed by atoms with E-state index in [-0.39, 0.29) is 29.9 Å². The van der Waals surface area contributed by atoms with Crippen molar-refractivity contribution in [3.63, 3.8) is 0 Å². The fraction of sp³-hybridized carbons (Fsp3) is 0.438. The van der Waals surface area contributed by atoms with Gasteiger partial charge in [0.2, 0.25) is 11.8 Å². The second kappa shape index (κ2) is 7.92. The molecular weight excluding hydrogens is 316 g/mol. The summed E-state index contributed by atoms with van der Waals surface area (Å²) in [5, 5.41) is 2.63. The molecule has 0 aromatic heterocycles. The largest absolute Gasteiger partial charge is 0.493 e. The molecule has 1 N–H and O–H groups in total. The minimum atomic E-state index is -0.367. The summed E-state index contributed by atoms with van der Waals surface area (Å²) < 4.78 is 11.0. The number of hydrogen-bond donors (Lipinski definition) is 1. The molecule has 0 aliphatic carbocycles. The Kier molecular flexibility index (Phi) is 5.92. The highest BCUT2D eigenvalue weighted by molar-refractivity contribution is 7.80. The summed E-state index contributed by atoms with van der Waals surface area (Å²) in [5.74, 6) is 0.609. The Bertz CT molecular complexity index is 598. The number of rotatable bonds is 7. The number of benzene rings is 1. The molecule has 0 bridgehead atoms. The van der Waals surface area contributed by atoms with Gasteiger partial charge in [-0.2, -0.15) is 0 Å². The highest BCUT2D eigenvalue weighted by Crippen LogP contribution is 2.29. The summed E-state index contributed by atoms with van der Waals surface area (Å²) in [4.78, 5) is 24.6. The summed E-state index contributed by atoms with van der Waals surface area (Å²) >= 11 is 5.06. The summed E-state index contributed by atoms with van der Waals surface area (Å²) in [5.41, 5.74) is 0.844. The molecule has 2 rings (SSSR count). The van der Waals surface area contributed by atoms with E-state index >= 15 is 0 Å². The average molecular weight is 336 g/mol. The van der Waals surface area contributed by atoms with Crippen LogP contribution in [0, 0.1) is 0 Å². The normalized spacial score (nSPS) is 14.7. The van der Waals surface area contributed by atoms with Crippen LogP contribution in [0.1, 0.15) is 31.7 Å². The van der Waals surface area contributed by atoms with E-state index in [1.54, 1.807) is 7.11 Å². The number of nitrogens with one attached hydrogen (secondary N) is 1. The maximum atomic E-state index is 11.9. The lowest BCUT2D eigenvalue weighted by atomic mass is 10.1. The van der Waals surface area contributed by atoms with Crippen LogP contribution < -0.4 is 14.8 Å². The first-order valence-electron chi connectivity index (χ1n) is 7.49. The standard InChI is InChI=1S/C16H20N2O4S/c1-3-4-7-22-12-6-5-11(8-13(12)21-2)10-18-15(20)9-14(19)17-16(18)23/h5-6,8H,3-4,7,9-10H2,1-2H3,(H,17,19,23). The lowest BCUT2D eigenvalue weighted by molar-refractivity contribution is -0.135. The molecule has 23 heavy (non-hydrogen) atoms. The maximum Gasteiger partial charge on any atom is 0.238 e. The van der Waals surface area contributed by atoms with Crippen molar-refractivity contribution in [2.24, 2.45) is 0 Å². The van der Waals surface area contributed by atoms with Gasteiger partial charge >= 0.3 is 0 Å². The Morgan fingerprint density at radius 2 is 2.09 bits per heavy atom. The Morgan fingerprint density at radius 1 is 1.30 bits per heavy atom. The SMILES string of the molecule is CCCCOc1ccc(CN2C(=O)CC(=O)NC2=S)cc1OC. The lowest BCUT2D eigenvalue weighted by Gasteiger charge is -2.27. The van der Waals surface area contributed by atoms with E-state index in [4.69, 9.17) is 21.7 Å². The highest BCUT2D eigenvalue weighted by atomic mass is 32.1. The van der Waals surface area contributed by atoms with E-state index in [0.717, 1.165) is 18.4 Å². The molecule has 1 heterocycles. The minimum Gasteiger partial charge on any atom is -0.493 e. The average Bonchev–Trinajstić information content (AvgIpc) is 2.52. The molecule has 2 amide bonds. The number of ether oxygens (including phenoxy) is 2. The number of hydrogen-bond acceptors (Lipinski definition) is 5. The molecule has 1 fully saturated rings. The Hall–Kier alpha value is -2.15. The lowest BCUT2D eigenvalue weighted by Crippen LogP contribution is -2.51. The maximum absolute atomic E-state index is 11.9. The summed E-state index contributed by atoms with van der Waals surface area (Å²) in [6.45, 7) is 3.01. The van der Waals surface area contributed by atoms with Crippen LogP contribution in [0.3, 0.4) is 0 Å². The molecule has 1 aromatic rings. The van der Waals surface area contributed by atoms with E-state index in [1.165, 1.54) is 4.90 Å². The first-order valence-corrected chi connectivity index (χ1v) is 7.90. The van der Waals surface area contributed by atoms with Crippen LogP contribution in [0.4, 0.5) is 0 Å². The second-order valence-electron chi connectivity index (χ2n) is 5.20. The molecule has 1 aliphatic rings. The van der Waals surface area contributed by atoms with Gasteiger partial charge in [-0.05, 0) is 36.3 Å². The van der Waals surface area contributed by atoms with Crippen molar-refractivity contribution in [1.82, 2.24) is 10.2 Å². The predicted molar refractivity (Wildman–Crippen MR) is 89.3 cm³/mol. The quantitative estimate of drug-likeness (QED) is 0.469. The van der Waals surface area contributed by atoms with Crippen molar-refractivity contribution in [3.05, 3.63) is 23.8 Å². The van der Waals surface area contributed by atoms with E-state index in [2.05, 4.69) is 12.2 Å². The Morgan fingerprint density at radius 3 is 2.74 bits per heavy atom. The van der Waals surface area contributed by atoms with E-state index < -0.39 is 0 Å². The number of methoxy groups -OCH3 is 1. The number of amides is 2. The van der Waals surface area contributed by atoms with Gasteiger partial charge in [0.05, 0.1) is 20.3 Å². The van der Waals surface area contributed by atoms with Gasteiger partial charge in [0.1, 0.15) is 6.42 Å². The van der Waals surface area contributed by atoms with Gasteiger partial charge in [0, 0.05) is 0 Å². The first-order chi connectivity index (χ1) is 11.0. The highest BCUT2D eigenvalue weighted by Gasteiger charge is 2.28. The zero-order valence-corrected chi connectivity index (χ0v) is 14.1. The van der Waals surface area contributed by atoms with E-state index in [1.807, 2.05) is 18.2 Å². The number of carbonyl (C=O) groups excluding carboxylic acids is 2. The number of nitrogens with zero attached hydrogens (tertiary/aromatic N) is 1. The minimum absolute atomic E-state index is 0.133. The van der Waals surface area contributed by atoms with Crippen molar-refractivity contribution >= 4 is 29.1 Å². The molecule has 0 unspecified atom stereocenters. The van der Waals surface area contributed by atoms with Crippen LogP contribution in [0.2, 0.25) is 0 Å². The summed E-state index contributed by atoms with van der Waals surface area (Å²) in [7, 11) is 1.57. The molecule has 1 aromatic carbocycles. The van der Waals surface area contributed by atoms with Crippen LogP contribution in [0.5, 0.6) is 11.5 Å². The van der Waals surface area contributed by atoms with Crippen molar-refractivity contribution in [1.29, 1.82) is 0 Å². The van der Waals surface area contributed by atoms with Crippen LogP contribution in [0.25, 0.3) is 0 Å². The third-order valence-electron chi connectivity index (χ3n) is 3.43. The molecule has 1 aliphatic heterocycles. The summed E-state index contributed by atoms with van der Waals surface area (Å²) in [6, 6.07) is 5.49. The molecular formula is C16H20N2O4S. The third kappa shape index (κ3) is 4.41. The Labute approximate surface area is 140 Å². The molecule has 0 radical (unpaired) electrons. The predicted octanol–water partition coefficient (Wildman–Crippen LogP) is 2.01. The molecule has 124 valence electrons. The van der Waals surface area contributed by atoms with Gasteiger partial charge in [-0.3, -0.25) is 14.5 Å². The molecule has 0 saturated carbocycles. The molecule has 1 saturated heterocycles. The zero-order chi connectivity index (χ0) is 16.8. The van der Waals surface area contributed by atoms with Crippen LogP contribution >= 0.6 is 12.2 Å². The van der Waals surface area contributed by atoms with E-state index in [9.17, 15) is 9.59 Å². The second-order valence-corrected chi connectivity index (χ2v) is 5.58. The van der Waals surface area contributed by atoms with Gasteiger partial charge < -0.3 is 14.8 Å². The van der Waals surface area contributed by atoms with Gasteiger partial charge in [0.25, 0.3) is 0 Å². The number of carbonyl (C=O) groups is 2. The van der Waals surface area contributed by atoms with Crippen molar-refractivity contribution in [2.75, 3.05) is 13.7 Å². The van der Waals surface area contributed by atoms with Crippen LogP contribution in [0.15, 0.2) is 18.2 Å². The molecule has 7 heteroatoms. The van der Waals surface area contributed by atoms with E-state index in [0.29, 0.717) is 18.1 Å². The van der Waals surface area contributed by atoms with Crippen molar-refractivity contribution in [2.45, 2.75) is 32.7 Å². The third-order valence-corrected chi connectivity index (χ3v) is 3.75. The van der Waals surface area contributed by atoms with Gasteiger partial charge in [-0.25, -0.2) is 0 Å². The molecule has 0 atom stereocenters. The zero-order valence-electron chi connectivity index (χ0n) is 13.3. The summed E-state index contributed by atoms with van der Waals surface area (Å²) in [6.07, 6.45) is 1.84. The topological polar surface area (TPSA) is 67.9 Å². The fourth-order valence-electron chi connectivity index (χ4n) is 2.18. The van der Waals surface area contributed by atoms with Gasteiger partial charge in [0.15, 0.2) is 16.6 Å². The Balaban J connectivity index is 2.09. The number of unbranched alkanes of at least 4 members (excludes halogenated alkanes) is 1. The molecule has 6 nitrogen and oxygen atoms in total. The van der Waals surface area contributed by atoms with Crippen LogP contribution in [-0.2, 0) is 16.1 Å². The monoisotopic (exact) mass is 336 g/mol. The molecule has 0 spiro atoms. The van der Waals surface area contributed by atoms with Gasteiger partial charge in [-0.15, -0.1) is 0 Å². The van der Waals surface area contributed by atoms with Gasteiger partial charge in [-0.1, -0.05) is 19.4 Å². The van der Waals surface area contributed by atoms with Crippen molar-refractivity contribution in [3.8, 4) is 11.5 Å². The number of thiocarbonyl (C=S) groups is 1.